The zero-order valence-corrected chi connectivity index (χ0v) is 14.9. The lowest BCUT2D eigenvalue weighted by Gasteiger charge is -2.27. The molecule has 0 atom stereocenters. The molecule has 3 aromatic heterocycles. The van der Waals surface area contributed by atoms with E-state index in [2.05, 4.69) is 42.8 Å². The van der Waals surface area contributed by atoms with E-state index in [1.807, 2.05) is 6.07 Å². The van der Waals surface area contributed by atoms with E-state index in [1.165, 1.54) is 18.8 Å². The van der Waals surface area contributed by atoms with Crippen molar-refractivity contribution in [2.45, 2.75) is 25.7 Å². The largest absolute Gasteiger partial charge is 0.357 e. The summed E-state index contributed by atoms with van der Waals surface area (Å²) in [6.45, 7) is 1.95. The van der Waals surface area contributed by atoms with Crippen molar-refractivity contribution in [3.05, 3.63) is 36.5 Å². The van der Waals surface area contributed by atoms with Crippen molar-refractivity contribution in [3.63, 3.8) is 0 Å². The number of nitrogens with zero attached hydrogens (tertiary/aromatic N) is 6. The Bertz CT molecular complexity index is 865. The smallest absolute Gasteiger partial charge is 0.281 e. The second-order valence-electron chi connectivity index (χ2n) is 5.77. The van der Waals surface area contributed by atoms with Gasteiger partial charge >= 0.3 is 0 Å². The number of anilines is 1. The standard InChI is InChI=1S/C16H16F2N6.H3NS/c17-15(18)11-10-24-12(8-21-14(24)9-20-11)16-19-5-4-13(22-16)23-6-2-1-3-7-23;1-2/h4-5,8-10,15H,1-3,6-7H2;2H,1H2. The SMILES string of the molecule is FC(F)c1cn2c(-c3nccc(N4CCCCC4)n3)cnc2cn1.NS. The molecule has 0 aliphatic carbocycles. The van der Waals surface area contributed by atoms with Crippen LogP contribution in [-0.2, 0) is 0 Å². The molecule has 4 heterocycles. The lowest BCUT2D eigenvalue weighted by Crippen LogP contribution is -2.30. The topological polar surface area (TPSA) is 85.2 Å². The van der Waals surface area contributed by atoms with Crippen molar-refractivity contribution in [1.82, 2.24) is 24.3 Å². The van der Waals surface area contributed by atoms with Crippen molar-refractivity contribution in [2.24, 2.45) is 5.14 Å². The first-order valence-corrected chi connectivity index (χ1v) is 8.69. The van der Waals surface area contributed by atoms with Gasteiger partial charge in [0.05, 0.1) is 12.4 Å². The van der Waals surface area contributed by atoms with Crippen molar-refractivity contribution in [1.29, 1.82) is 0 Å². The molecule has 1 saturated heterocycles. The summed E-state index contributed by atoms with van der Waals surface area (Å²) in [6, 6.07) is 1.88. The van der Waals surface area contributed by atoms with Gasteiger partial charge in [-0.15, -0.1) is 12.8 Å². The summed E-state index contributed by atoms with van der Waals surface area (Å²) in [5.74, 6) is 1.33. The Balaban J connectivity index is 0.000000948. The zero-order chi connectivity index (χ0) is 18.5. The second kappa shape index (κ2) is 8.37. The number of imidazole rings is 1. The number of halogens is 2. The second-order valence-corrected chi connectivity index (χ2v) is 5.77. The number of thiol groups is 1. The number of aromatic nitrogens is 5. The van der Waals surface area contributed by atoms with Crippen LogP contribution in [0.15, 0.2) is 30.9 Å². The molecule has 0 amide bonds. The molecule has 0 bridgehead atoms. The first kappa shape index (κ1) is 18.5. The number of piperidine rings is 1. The van der Waals surface area contributed by atoms with Gasteiger partial charge in [0, 0.05) is 25.5 Å². The van der Waals surface area contributed by atoms with Gasteiger partial charge in [0.25, 0.3) is 6.43 Å². The molecular weight excluding hydrogens is 360 g/mol. The molecule has 1 aliphatic heterocycles. The first-order valence-electron chi connectivity index (χ1n) is 8.18. The lowest BCUT2D eigenvalue weighted by atomic mass is 10.1. The summed E-state index contributed by atoms with van der Waals surface area (Å²) in [5, 5.41) is 4.19. The molecule has 0 saturated carbocycles. The van der Waals surface area contributed by atoms with Crippen LogP contribution < -0.4 is 10.0 Å². The summed E-state index contributed by atoms with van der Waals surface area (Å²) < 4.78 is 27.4. The fourth-order valence-corrected chi connectivity index (χ4v) is 2.95. The molecule has 7 nitrogen and oxygen atoms in total. The molecule has 1 aliphatic rings. The maximum Gasteiger partial charge on any atom is 0.281 e. The van der Waals surface area contributed by atoms with Gasteiger partial charge in [-0.2, -0.15) is 0 Å². The molecule has 2 N–H and O–H groups in total. The van der Waals surface area contributed by atoms with Crippen molar-refractivity contribution >= 4 is 24.3 Å². The average molecular weight is 379 g/mol. The third-order valence-corrected chi connectivity index (χ3v) is 4.19. The molecular formula is C16H19F2N7S. The van der Waals surface area contributed by atoms with Gasteiger partial charge in [-0.1, -0.05) is 0 Å². The van der Waals surface area contributed by atoms with Crippen LogP contribution >= 0.6 is 12.8 Å². The number of rotatable bonds is 3. The highest BCUT2D eigenvalue weighted by Gasteiger charge is 2.16. The minimum atomic E-state index is -2.63. The van der Waals surface area contributed by atoms with E-state index in [-0.39, 0.29) is 5.69 Å². The monoisotopic (exact) mass is 379 g/mol. The van der Waals surface area contributed by atoms with Gasteiger partial charge in [0.15, 0.2) is 11.5 Å². The molecule has 0 unspecified atom stereocenters. The van der Waals surface area contributed by atoms with Gasteiger partial charge in [0.2, 0.25) is 0 Å². The molecule has 0 radical (unpaired) electrons. The minimum Gasteiger partial charge on any atom is -0.357 e. The van der Waals surface area contributed by atoms with E-state index in [0.717, 1.165) is 31.7 Å². The van der Waals surface area contributed by atoms with Crippen LogP contribution in [0.2, 0.25) is 0 Å². The number of fused-ring (bicyclic) bond motifs is 1. The summed E-state index contributed by atoms with van der Waals surface area (Å²) in [7, 11) is 0. The Morgan fingerprint density at radius 3 is 2.54 bits per heavy atom. The first-order chi connectivity index (χ1) is 12.7. The molecule has 0 aromatic carbocycles. The number of alkyl halides is 2. The fraction of sp³-hybridized carbons (Fsp3) is 0.375. The Kier molecular flexibility index (Phi) is 5.94. The van der Waals surface area contributed by atoms with E-state index in [0.29, 0.717) is 17.2 Å². The molecule has 1 fully saturated rings. The predicted molar refractivity (Wildman–Crippen MR) is 98.2 cm³/mol. The zero-order valence-electron chi connectivity index (χ0n) is 14.0. The van der Waals surface area contributed by atoms with Gasteiger partial charge in [-0.3, -0.25) is 9.54 Å². The summed E-state index contributed by atoms with van der Waals surface area (Å²) >= 11 is 3.03. The minimum absolute atomic E-state index is 0.297. The average Bonchev–Trinajstić information content (AvgIpc) is 3.13. The van der Waals surface area contributed by atoms with Crippen LogP contribution in [0.5, 0.6) is 0 Å². The van der Waals surface area contributed by atoms with E-state index in [1.54, 1.807) is 16.8 Å². The van der Waals surface area contributed by atoms with Crippen LogP contribution in [0.1, 0.15) is 31.4 Å². The number of hydrogen-bond donors (Lipinski definition) is 2. The molecule has 3 aromatic rings. The van der Waals surface area contributed by atoms with Crippen molar-refractivity contribution < 1.29 is 8.78 Å². The fourth-order valence-electron chi connectivity index (χ4n) is 2.95. The van der Waals surface area contributed by atoms with Crippen LogP contribution in [0.4, 0.5) is 14.6 Å². The van der Waals surface area contributed by atoms with Crippen LogP contribution in [0, 0.1) is 0 Å². The number of hydrogen-bond acceptors (Lipinski definition) is 7. The van der Waals surface area contributed by atoms with Crippen LogP contribution in [0.3, 0.4) is 0 Å². The van der Waals surface area contributed by atoms with Crippen molar-refractivity contribution in [2.75, 3.05) is 18.0 Å². The summed E-state index contributed by atoms with van der Waals surface area (Å²) in [4.78, 5) is 19.1. The quantitative estimate of drug-likeness (QED) is 0.681. The highest BCUT2D eigenvalue weighted by atomic mass is 32.1. The molecule has 138 valence electrons. The Hall–Kier alpha value is -2.33. The maximum atomic E-state index is 12.9. The Labute approximate surface area is 154 Å². The summed E-state index contributed by atoms with van der Waals surface area (Å²) in [5.41, 5.74) is 0.767. The Morgan fingerprint density at radius 2 is 1.81 bits per heavy atom. The highest BCUT2D eigenvalue weighted by Crippen LogP contribution is 2.23. The van der Waals surface area contributed by atoms with E-state index < -0.39 is 6.43 Å². The van der Waals surface area contributed by atoms with Gasteiger partial charge in [0.1, 0.15) is 17.2 Å². The molecule has 10 heteroatoms. The third-order valence-electron chi connectivity index (χ3n) is 4.19. The van der Waals surface area contributed by atoms with Gasteiger partial charge < -0.3 is 4.90 Å². The predicted octanol–water partition coefficient (Wildman–Crippen LogP) is 2.90. The van der Waals surface area contributed by atoms with E-state index in [4.69, 9.17) is 0 Å². The maximum absolute atomic E-state index is 12.9. The van der Waals surface area contributed by atoms with Crippen LogP contribution in [-0.4, -0.2) is 37.4 Å². The van der Waals surface area contributed by atoms with Crippen molar-refractivity contribution in [3.8, 4) is 11.5 Å². The number of nitrogens with two attached hydrogens (primary N) is 1. The van der Waals surface area contributed by atoms with Crippen LogP contribution in [0.25, 0.3) is 17.2 Å². The third kappa shape index (κ3) is 3.75. The van der Waals surface area contributed by atoms with E-state index in [9.17, 15) is 8.78 Å². The molecule has 4 rings (SSSR count). The lowest BCUT2D eigenvalue weighted by molar-refractivity contribution is 0.145. The van der Waals surface area contributed by atoms with Gasteiger partial charge in [-0.05, 0) is 25.3 Å². The Morgan fingerprint density at radius 1 is 1.04 bits per heavy atom. The highest BCUT2D eigenvalue weighted by molar-refractivity contribution is 7.77. The molecule has 0 spiro atoms. The molecule has 26 heavy (non-hydrogen) atoms. The van der Waals surface area contributed by atoms with Gasteiger partial charge in [-0.25, -0.2) is 28.7 Å². The normalized spacial score (nSPS) is 14.4. The summed E-state index contributed by atoms with van der Waals surface area (Å²) in [6.07, 6.45) is 6.81. The van der Waals surface area contributed by atoms with E-state index >= 15 is 0 Å².